The molecule has 1 aromatic heterocycles. The van der Waals surface area contributed by atoms with Crippen LogP contribution in [0.25, 0.3) is 23.2 Å². The van der Waals surface area contributed by atoms with E-state index in [0.717, 1.165) is 58.1 Å². The molecular weight excluding hydrogens is 404 g/mol. The van der Waals surface area contributed by atoms with Gasteiger partial charge in [0.1, 0.15) is 11.6 Å². The quantitative estimate of drug-likeness (QED) is 0.211. The summed E-state index contributed by atoms with van der Waals surface area (Å²) in [5.74, 6) is 1.86. The molecule has 0 unspecified atom stereocenters. The van der Waals surface area contributed by atoms with Crippen LogP contribution in [0.4, 0.5) is 0 Å². The van der Waals surface area contributed by atoms with E-state index in [9.17, 15) is 0 Å². The molecule has 1 heterocycles. The number of ether oxygens (including phenoxy) is 1. The van der Waals surface area contributed by atoms with E-state index in [4.69, 9.17) is 21.3 Å². The number of benzene rings is 3. The van der Waals surface area contributed by atoms with Crippen molar-refractivity contribution in [3.63, 3.8) is 0 Å². The van der Waals surface area contributed by atoms with Crippen molar-refractivity contribution in [2.24, 2.45) is 0 Å². The Bertz CT molecular complexity index is 1190. The number of aryl methyl sites for hydroxylation is 1. The molecule has 4 rings (SSSR count). The molecule has 0 fully saturated rings. The highest BCUT2D eigenvalue weighted by Crippen LogP contribution is 2.21. The summed E-state index contributed by atoms with van der Waals surface area (Å²) in [5, 5.41) is 0.735. The lowest BCUT2D eigenvalue weighted by atomic mass is 10.1. The summed E-state index contributed by atoms with van der Waals surface area (Å²) < 4.78 is 8.32. The van der Waals surface area contributed by atoms with Gasteiger partial charge in [0.05, 0.1) is 17.6 Å². The van der Waals surface area contributed by atoms with Gasteiger partial charge in [0, 0.05) is 11.6 Å². The summed E-state index contributed by atoms with van der Waals surface area (Å²) in [6, 6.07) is 24.2. The molecule has 0 atom stereocenters. The van der Waals surface area contributed by atoms with Crippen molar-refractivity contribution in [3.05, 3.63) is 107 Å². The van der Waals surface area contributed by atoms with Crippen molar-refractivity contribution in [3.8, 4) is 5.75 Å². The van der Waals surface area contributed by atoms with Crippen molar-refractivity contribution >= 4 is 34.8 Å². The summed E-state index contributed by atoms with van der Waals surface area (Å²) in [5.41, 5.74) is 4.38. The highest BCUT2D eigenvalue weighted by atomic mass is 35.5. The lowest BCUT2D eigenvalue weighted by molar-refractivity contribution is 0.300. The van der Waals surface area contributed by atoms with E-state index in [-0.39, 0.29) is 0 Å². The third kappa shape index (κ3) is 5.25. The average molecular weight is 429 g/mol. The number of nitrogens with zero attached hydrogens (tertiary/aromatic N) is 2. The first kappa shape index (κ1) is 21.0. The zero-order chi connectivity index (χ0) is 21.5. The molecule has 0 radical (unpaired) electrons. The fraction of sp³-hybridized carbons (Fsp3) is 0.148. The van der Waals surface area contributed by atoms with E-state index >= 15 is 0 Å². The van der Waals surface area contributed by atoms with Crippen LogP contribution in [0.5, 0.6) is 5.75 Å². The molecule has 0 saturated carbocycles. The Morgan fingerprint density at radius 2 is 1.71 bits per heavy atom. The maximum absolute atomic E-state index is 6.07. The van der Waals surface area contributed by atoms with E-state index in [0.29, 0.717) is 6.61 Å². The molecular formula is C27H25ClN2O. The first-order valence-electron chi connectivity index (χ1n) is 10.4. The molecule has 31 heavy (non-hydrogen) atoms. The number of fused-ring (bicyclic) bond motifs is 1. The van der Waals surface area contributed by atoms with Crippen molar-refractivity contribution < 1.29 is 4.74 Å². The normalized spacial score (nSPS) is 11.3. The topological polar surface area (TPSA) is 27.1 Å². The highest BCUT2D eigenvalue weighted by molar-refractivity contribution is 6.30. The lowest BCUT2D eigenvalue weighted by Crippen LogP contribution is -2.07. The van der Waals surface area contributed by atoms with Gasteiger partial charge in [0.2, 0.25) is 0 Å². The van der Waals surface area contributed by atoms with Crippen LogP contribution in [0.2, 0.25) is 5.02 Å². The minimum Gasteiger partial charge on any atom is -0.493 e. The minimum absolute atomic E-state index is 0.640. The van der Waals surface area contributed by atoms with E-state index in [1.807, 2.05) is 60.7 Å². The second-order valence-corrected chi connectivity index (χ2v) is 7.73. The SMILES string of the molecule is C=CCc1ccccc1OCCCn1c(/C=C/c2ccc(Cl)cc2)nc2ccccc21. The molecule has 0 spiro atoms. The van der Waals surface area contributed by atoms with E-state index in [1.54, 1.807) is 0 Å². The minimum atomic E-state index is 0.640. The Labute approximate surface area is 188 Å². The maximum atomic E-state index is 6.07. The van der Waals surface area contributed by atoms with Gasteiger partial charge in [-0.15, -0.1) is 6.58 Å². The van der Waals surface area contributed by atoms with Gasteiger partial charge in [0.25, 0.3) is 0 Å². The predicted octanol–water partition coefficient (Wildman–Crippen LogP) is 7.06. The molecule has 0 bridgehead atoms. The summed E-state index contributed by atoms with van der Waals surface area (Å²) >= 11 is 5.99. The molecule has 0 aliphatic heterocycles. The van der Waals surface area contributed by atoms with E-state index in [1.165, 1.54) is 0 Å². The van der Waals surface area contributed by atoms with Crippen LogP contribution >= 0.6 is 11.6 Å². The van der Waals surface area contributed by atoms with Gasteiger partial charge in [0.15, 0.2) is 0 Å². The Morgan fingerprint density at radius 3 is 2.55 bits per heavy atom. The number of imidazole rings is 1. The van der Waals surface area contributed by atoms with Gasteiger partial charge in [-0.1, -0.05) is 66.2 Å². The van der Waals surface area contributed by atoms with Crippen molar-refractivity contribution in [2.75, 3.05) is 6.61 Å². The summed E-state index contributed by atoms with van der Waals surface area (Å²) in [4.78, 5) is 4.82. The Hall–Kier alpha value is -3.30. The van der Waals surface area contributed by atoms with E-state index < -0.39 is 0 Å². The molecule has 4 aromatic rings. The number of allylic oxidation sites excluding steroid dienone is 1. The molecule has 3 nitrogen and oxygen atoms in total. The van der Waals surface area contributed by atoms with Gasteiger partial charge in [-0.25, -0.2) is 4.98 Å². The summed E-state index contributed by atoms with van der Waals surface area (Å²) in [6.07, 6.45) is 7.71. The number of aromatic nitrogens is 2. The molecule has 3 aromatic carbocycles. The van der Waals surface area contributed by atoms with Gasteiger partial charge in [-0.05, 0) is 60.4 Å². The van der Waals surface area contributed by atoms with Crippen LogP contribution < -0.4 is 4.74 Å². The monoisotopic (exact) mass is 428 g/mol. The lowest BCUT2D eigenvalue weighted by Gasteiger charge is -2.11. The molecule has 4 heteroatoms. The Balaban J connectivity index is 1.48. The summed E-state index contributed by atoms with van der Waals surface area (Å²) in [7, 11) is 0. The van der Waals surface area contributed by atoms with E-state index in [2.05, 4.69) is 41.5 Å². The zero-order valence-electron chi connectivity index (χ0n) is 17.4. The average Bonchev–Trinajstić information content (AvgIpc) is 3.15. The summed E-state index contributed by atoms with van der Waals surface area (Å²) in [6.45, 7) is 5.29. The largest absolute Gasteiger partial charge is 0.493 e. The molecule has 0 aliphatic rings. The van der Waals surface area contributed by atoms with Crippen LogP contribution in [0.15, 0.2) is 85.5 Å². The predicted molar refractivity (Wildman–Crippen MR) is 131 cm³/mol. The van der Waals surface area contributed by atoms with Gasteiger partial charge in [-0.3, -0.25) is 0 Å². The smallest absolute Gasteiger partial charge is 0.133 e. The number of hydrogen-bond acceptors (Lipinski definition) is 2. The number of halogens is 1. The van der Waals surface area contributed by atoms with Crippen LogP contribution in [0.3, 0.4) is 0 Å². The van der Waals surface area contributed by atoms with Crippen molar-refractivity contribution in [2.45, 2.75) is 19.4 Å². The van der Waals surface area contributed by atoms with Crippen LogP contribution in [0, 0.1) is 0 Å². The zero-order valence-corrected chi connectivity index (χ0v) is 18.1. The van der Waals surface area contributed by atoms with Crippen molar-refractivity contribution in [1.29, 1.82) is 0 Å². The standard InChI is InChI=1S/C27H25ClN2O/c1-2-8-22-9-3-6-12-26(22)31-20-7-19-30-25-11-5-4-10-24(25)29-27(30)18-15-21-13-16-23(28)17-14-21/h2-6,9-18H,1,7-8,19-20H2/b18-15+. The van der Waals surface area contributed by atoms with Gasteiger partial charge >= 0.3 is 0 Å². The third-order valence-corrected chi connectivity index (χ3v) is 5.35. The first-order valence-corrected chi connectivity index (χ1v) is 10.8. The fourth-order valence-electron chi connectivity index (χ4n) is 3.57. The molecule has 0 amide bonds. The van der Waals surface area contributed by atoms with Gasteiger partial charge < -0.3 is 9.30 Å². The highest BCUT2D eigenvalue weighted by Gasteiger charge is 2.08. The molecule has 156 valence electrons. The van der Waals surface area contributed by atoms with Gasteiger partial charge in [-0.2, -0.15) is 0 Å². The van der Waals surface area contributed by atoms with Crippen LogP contribution in [0.1, 0.15) is 23.4 Å². The van der Waals surface area contributed by atoms with Crippen LogP contribution in [-0.2, 0) is 13.0 Å². The number of rotatable bonds is 9. The Morgan fingerprint density at radius 1 is 0.935 bits per heavy atom. The number of para-hydroxylation sites is 3. The molecule has 0 aliphatic carbocycles. The Kier molecular flexibility index (Phi) is 6.85. The first-order chi connectivity index (χ1) is 15.2. The fourth-order valence-corrected chi connectivity index (χ4v) is 3.70. The van der Waals surface area contributed by atoms with Crippen LogP contribution in [-0.4, -0.2) is 16.2 Å². The number of hydrogen-bond donors (Lipinski definition) is 0. The molecule has 0 saturated heterocycles. The molecule has 0 N–H and O–H groups in total. The van der Waals surface area contributed by atoms with Crippen molar-refractivity contribution in [1.82, 2.24) is 9.55 Å². The second kappa shape index (κ2) is 10.1. The maximum Gasteiger partial charge on any atom is 0.133 e. The third-order valence-electron chi connectivity index (χ3n) is 5.10. The second-order valence-electron chi connectivity index (χ2n) is 7.30.